The van der Waals surface area contributed by atoms with Crippen LogP contribution in [-0.2, 0) is 0 Å². The summed E-state index contributed by atoms with van der Waals surface area (Å²) in [6.45, 7) is 0. The van der Waals surface area contributed by atoms with Gasteiger partial charge in [-0.3, -0.25) is 0 Å². The quantitative estimate of drug-likeness (QED) is 0.857. The zero-order valence-corrected chi connectivity index (χ0v) is 10.2. The van der Waals surface area contributed by atoms with Crippen LogP contribution in [0.1, 0.15) is 42.4 Å². The zero-order chi connectivity index (χ0) is 13.1. The van der Waals surface area contributed by atoms with Gasteiger partial charge >= 0.3 is 0 Å². The smallest absolute Gasteiger partial charge is 0.151 e. The van der Waals surface area contributed by atoms with E-state index in [0.29, 0.717) is 17.7 Å². The predicted octanol–water partition coefficient (Wildman–Crippen LogP) is 3.10. The summed E-state index contributed by atoms with van der Waals surface area (Å²) in [7, 11) is 0. The van der Waals surface area contributed by atoms with Crippen LogP contribution in [0.4, 0.5) is 14.6 Å². The molecular weight excluding hydrogens is 248 g/mol. The van der Waals surface area contributed by atoms with Gasteiger partial charge in [-0.2, -0.15) is 5.10 Å². The third-order valence-electron chi connectivity index (χ3n) is 4.35. The second-order valence-corrected chi connectivity index (χ2v) is 5.40. The van der Waals surface area contributed by atoms with Crippen molar-refractivity contribution in [2.24, 2.45) is 0 Å². The Morgan fingerprint density at radius 3 is 2.79 bits per heavy atom. The van der Waals surface area contributed by atoms with Crippen LogP contribution in [0, 0.1) is 11.6 Å². The minimum absolute atomic E-state index is 0.280. The van der Waals surface area contributed by atoms with Crippen molar-refractivity contribution in [3.63, 3.8) is 0 Å². The van der Waals surface area contributed by atoms with Crippen molar-refractivity contribution >= 4 is 5.82 Å². The van der Waals surface area contributed by atoms with Crippen LogP contribution in [0.25, 0.3) is 5.69 Å². The molecule has 2 N–H and O–H groups in total. The van der Waals surface area contributed by atoms with Gasteiger partial charge in [0.1, 0.15) is 17.3 Å². The lowest BCUT2D eigenvalue weighted by Crippen LogP contribution is -2.07. The van der Waals surface area contributed by atoms with E-state index >= 15 is 0 Å². The van der Waals surface area contributed by atoms with Gasteiger partial charge in [-0.05, 0) is 37.3 Å². The van der Waals surface area contributed by atoms with E-state index < -0.39 is 11.6 Å². The number of nitrogens with two attached hydrogens (primary N) is 1. The van der Waals surface area contributed by atoms with Gasteiger partial charge in [0.15, 0.2) is 5.82 Å². The van der Waals surface area contributed by atoms with Crippen molar-refractivity contribution in [1.29, 1.82) is 0 Å². The Bertz CT molecular complexity index is 678. The van der Waals surface area contributed by atoms with Crippen LogP contribution >= 0.6 is 0 Å². The molecule has 0 saturated heterocycles. The van der Waals surface area contributed by atoms with Gasteiger partial charge in [0.05, 0.1) is 5.69 Å². The van der Waals surface area contributed by atoms with Crippen LogP contribution in [0.3, 0.4) is 0 Å². The molecule has 5 heteroatoms. The number of benzene rings is 1. The molecule has 19 heavy (non-hydrogen) atoms. The van der Waals surface area contributed by atoms with Crippen molar-refractivity contribution < 1.29 is 8.78 Å². The van der Waals surface area contributed by atoms with E-state index in [9.17, 15) is 8.78 Å². The third kappa shape index (κ3) is 1.38. The number of nitrogen functional groups attached to an aromatic ring is 1. The molecule has 1 aromatic heterocycles. The monoisotopic (exact) mass is 261 g/mol. The number of rotatable bonds is 1. The number of hydrogen-bond acceptors (Lipinski definition) is 2. The van der Waals surface area contributed by atoms with Gasteiger partial charge in [-0.25, -0.2) is 13.5 Å². The molecule has 2 aliphatic carbocycles. The van der Waals surface area contributed by atoms with Gasteiger partial charge in [0.25, 0.3) is 0 Å². The van der Waals surface area contributed by atoms with Gasteiger partial charge in [-0.1, -0.05) is 0 Å². The highest BCUT2D eigenvalue weighted by atomic mass is 19.1. The maximum absolute atomic E-state index is 13.9. The van der Waals surface area contributed by atoms with Crippen LogP contribution in [0.5, 0.6) is 0 Å². The summed E-state index contributed by atoms with van der Waals surface area (Å²) in [5.74, 6) is 0.185. The summed E-state index contributed by atoms with van der Waals surface area (Å²) in [6, 6.07) is 3.55. The minimum Gasteiger partial charge on any atom is -0.382 e. The van der Waals surface area contributed by atoms with Crippen LogP contribution in [-0.4, -0.2) is 9.78 Å². The molecule has 98 valence electrons. The third-order valence-corrected chi connectivity index (χ3v) is 4.35. The van der Waals surface area contributed by atoms with Crippen LogP contribution in [0.2, 0.25) is 0 Å². The number of aromatic nitrogens is 2. The molecule has 1 aromatic carbocycles. The summed E-state index contributed by atoms with van der Waals surface area (Å²) in [4.78, 5) is 0. The van der Waals surface area contributed by atoms with Gasteiger partial charge in [0, 0.05) is 17.5 Å². The first-order chi connectivity index (χ1) is 9.15. The molecule has 1 fully saturated rings. The summed E-state index contributed by atoms with van der Waals surface area (Å²) in [5.41, 5.74) is 8.36. The number of fused-ring (bicyclic) bond motifs is 5. The van der Waals surface area contributed by atoms with Crippen molar-refractivity contribution in [2.45, 2.75) is 31.1 Å². The fourth-order valence-corrected chi connectivity index (χ4v) is 3.60. The first-order valence-corrected chi connectivity index (χ1v) is 6.49. The Morgan fingerprint density at radius 1 is 1.21 bits per heavy atom. The van der Waals surface area contributed by atoms with Gasteiger partial charge in [-0.15, -0.1) is 0 Å². The van der Waals surface area contributed by atoms with Crippen molar-refractivity contribution in [3.8, 4) is 5.69 Å². The molecule has 0 unspecified atom stereocenters. The van der Waals surface area contributed by atoms with Gasteiger partial charge in [0.2, 0.25) is 0 Å². The summed E-state index contributed by atoms with van der Waals surface area (Å²) < 4.78 is 28.5. The molecular formula is C14H13F2N3. The van der Waals surface area contributed by atoms with E-state index in [4.69, 9.17) is 5.73 Å². The van der Waals surface area contributed by atoms with E-state index in [1.54, 1.807) is 4.68 Å². The molecule has 4 rings (SSSR count). The predicted molar refractivity (Wildman–Crippen MR) is 67.2 cm³/mol. The lowest BCUT2D eigenvalue weighted by molar-refractivity contribution is 0.567. The second-order valence-electron chi connectivity index (χ2n) is 5.40. The Hall–Kier alpha value is -1.91. The van der Waals surface area contributed by atoms with Gasteiger partial charge < -0.3 is 5.73 Å². The SMILES string of the molecule is Nc1nn(-c2ccc(F)cc2F)c2c1[C@H]1CC[C@@H]2C1. The van der Waals surface area contributed by atoms with E-state index in [0.717, 1.165) is 36.6 Å². The Labute approximate surface area is 109 Å². The molecule has 1 heterocycles. The fourth-order valence-electron chi connectivity index (χ4n) is 3.60. The molecule has 2 atom stereocenters. The van der Waals surface area contributed by atoms with E-state index in [2.05, 4.69) is 5.10 Å². The van der Waals surface area contributed by atoms with Crippen molar-refractivity contribution in [1.82, 2.24) is 9.78 Å². The maximum Gasteiger partial charge on any atom is 0.151 e. The normalized spacial score (nSPS) is 23.9. The van der Waals surface area contributed by atoms with E-state index in [-0.39, 0.29) is 5.69 Å². The maximum atomic E-state index is 13.9. The van der Waals surface area contributed by atoms with Crippen molar-refractivity contribution in [3.05, 3.63) is 41.1 Å². The van der Waals surface area contributed by atoms with Crippen molar-refractivity contribution in [2.75, 3.05) is 5.73 Å². The first kappa shape index (κ1) is 11.0. The highest BCUT2D eigenvalue weighted by Gasteiger charge is 2.42. The highest BCUT2D eigenvalue weighted by Crippen LogP contribution is 2.55. The van der Waals surface area contributed by atoms with Crippen LogP contribution in [0.15, 0.2) is 18.2 Å². The van der Waals surface area contributed by atoms with E-state index in [1.165, 1.54) is 12.1 Å². The second kappa shape index (κ2) is 3.56. The molecule has 2 bridgehead atoms. The lowest BCUT2D eigenvalue weighted by Gasteiger charge is -2.14. The summed E-state index contributed by atoms with van der Waals surface area (Å²) in [5, 5.41) is 4.27. The molecule has 0 aliphatic heterocycles. The van der Waals surface area contributed by atoms with Crippen LogP contribution < -0.4 is 5.73 Å². The molecule has 2 aliphatic rings. The Balaban J connectivity index is 1.94. The number of hydrogen-bond donors (Lipinski definition) is 1. The highest BCUT2D eigenvalue weighted by molar-refractivity contribution is 5.54. The average Bonchev–Trinajstić information content (AvgIpc) is 3.02. The summed E-state index contributed by atoms with van der Waals surface area (Å²) >= 11 is 0. The summed E-state index contributed by atoms with van der Waals surface area (Å²) in [6.07, 6.45) is 3.32. The molecule has 3 nitrogen and oxygen atoms in total. The standard InChI is InChI=1S/C14H13F2N3/c15-9-3-4-11(10(16)6-9)19-13-8-2-1-7(5-8)12(13)14(17)18-19/h3-4,6-8H,1-2,5H2,(H2,17,18)/t7-,8+/m0/s1. The molecule has 1 saturated carbocycles. The minimum atomic E-state index is -0.604. The average molecular weight is 261 g/mol. The largest absolute Gasteiger partial charge is 0.382 e. The molecule has 0 spiro atoms. The lowest BCUT2D eigenvalue weighted by atomic mass is 9.97. The van der Waals surface area contributed by atoms with E-state index in [1.807, 2.05) is 0 Å². The molecule has 0 radical (unpaired) electrons. The molecule has 2 aromatic rings. The fraction of sp³-hybridized carbons (Fsp3) is 0.357. The molecule has 0 amide bonds. The number of anilines is 1. The Kier molecular flexibility index (Phi) is 2.05. The topological polar surface area (TPSA) is 43.8 Å². The number of nitrogens with zero attached hydrogens (tertiary/aromatic N) is 2. The Morgan fingerprint density at radius 2 is 2.00 bits per heavy atom. The number of halogens is 2. The zero-order valence-electron chi connectivity index (χ0n) is 10.2. The first-order valence-electron chi connectivity index (χ1n) is 6.49.